The summed E-state index contributed by atoms with van der Waals surface area (Å²) >= 11 is 0. The minimum atomic E-state index is -0.750. The van der Waals surface area contributed by atoms with Gasteiger partial charge in [0.05, 0.1) is 6.61 Å². The zero-order chi connectivity index (χ0) is 12.8. The average molecular weight is 246 g/mol. The molecule has 0 fully saturated rings. The molecule has 16 heavy (non-hydrogen) atoms. The van der Waals surface area contributed by atoms with E-state index in [1.54, 1.807) is 6.08 Å². The molecule has 0 aliphatic heterocycles. The van der Waals surface area contributed by atoms with Gasteiger partial charge in [0.2, 0.25) is 0 Å². The fraction of sp³-hybridized carbons (Fsp3) is 0.833. The van der Waals surface area contributed by atoms with Crippen LogP contribution >= 0.6 is 8.58 Å². The maximum absolute atomic E-state index is 12.4. The molecule has 0 radical (unpaired) electrons. The molecule has 2 atom stereocenters. The molecule has 2 unspecified atom stereocenters. The molecule has 0 heterocycles. The molecule has 0 aromatic rings. The second-order valence-corrected chi connectivity index (χ2v) is 6.80. The summed E-state index contributed by atoms with van der Waals surface area (Å²) in [5.41, 5.74) is -0.750. The van der Waals surface area contributed by atoms with E-state index in [1.807, 2.05) is 27.7 Å². The van der Waals surface area contributed by atoms with Crippen molar-refractivity contribution in [2.24, 2.45) is 0 Å². The summed E-state index contributed by atoms with van der Waals surface area (Å²) < 4.78 is 5.62. The van der Waals surface area contributed by atoms with Gasteiger partial charge >= 0.3 is 0 Å². The predicted octanol–water partition coefficient (Wildman–Crippen LogP) is 3.55. The maximum atomic E-state index is 12.4. The Morgan fingerprint density at radius 2 is 1.94 bits per heavy atom. The molecule has 0 spiro atoms. The lowest BCUT2D eigenvalue weighted by Gasteiger charge is -2.54. The van der Waals surface area contributed by atoms with Gasteiger partial charge in [-0.05, 0) is 33.4 Å². The average Bonchev–Trinajstić information content (AvgIpc) is 2.24. The third-order valence-electron chi connectivity index (χ3n) is 2.71. The number of hydrogen-bond acceptors (Lipinski definition) is 3. The summed E-state index contributed by atoms with van der Waals surface area (Å²) in [6, 6.07) is 0. The van der Waals surface area contributed by atoms with Crippen LogP contribution in [0.2, 0.25) is 0 Å². The fourth-order valence-corrected chi connectivity index (χ4v) is 2.88. The first-order valence-electron chi connectivity index (χ1n) is 5.81. The standard InChI is InChI=1S/C12H25NO2P/c1-7-10-15-12(6,8-2)13(14)11(4,5)16-9-3/h7,16H,1,8-10H2,2-6H3/q-1. The fourth-order valence-electron chi connectivity index (χ4n) is 1.64. The Bertz CT molecular complexity index is 221. The zero-order valence-electron chi connectivity index (χ0n) is 11.2. The van der Waals surface area contributed by atoms with Crippen LogP contribution in [0.1, 0.15) is 41.0 Å². The molecule has 0 aromatic heterocycles. The van der Waals surface area contributed by atoms with Crippen LogP contribution in [-0.2, 0) is 4.74 Å². The van der Waals surface area contributed by atoms with Crippen molar-refractivity contribution in [2.45, 2.75) is 52.0 Å². The lowest BCUT2D eigenvalue weighted by atomic mass is 10.1. The van der Waals surface area contributed by atoms with E-state index in [1.165, 1.54) is 0 Å². The Kier molecular flexibility index (Phi) is 6.73. The van der Waals surface area contributed by atoms with E-state index in [9.17, 15) is 5.21 Å². The van der Waals surface area contributed by atoms with Crippen molar-refractivity contribution < 1.29 is 4.74 Å². The van der Waals surface area contributed by atoms with Gasteiger partial charge in [0.15, 0.2) is 0 Å². The molecule has 3 nitrogen and oxygen atoms in total. The highest BCUT2D eigenvalue weighted by Gasteiger charge is 2.33. The minimum absolute atomic E-state index is 0.360. The van der Waals surface area contributed by atoms with Gasteiger partial charge in [-0.15, -0.1) is 15.2 Å². The van der Waals surface area contributed by atoms with Gasteiger partial charge < -0.3 is 15.0 Å². The molecule has 0 amide bonds. The highest BCUT2D eigenvalue weighted by atomic mass is 31.1. The number of nitrogens with zero attached hydrogens (tertiary/aromatic N) is 1. The van der Waals surface area contributed by atoms with Gasteiger partial charge in [0, 0.05) is 5.28 Å². The van der Waals surface area contributed by atoms with Crippen LogP contribution in [0.4, 0.5) is 0 Å². The number of ether oxygens (including phenoxy) is 1. The van der Waals surface area contributed by atoms with Crippen LogP contribution in [0.25, 0.3) is 0 Å². The number of hydroxylamine groups is 2. The van der Waals surface area contributed by atoms with Gasteiger partial charge in [-0.25, -0.2) is 0 Å². The first-order valence-corrected chi connectivity index (χ1v) is 7.02. The molecular formula is C12H25NO2P-. The predicted molar refractivity (Wildman–Crippen MR) is 73.0 cm³/mol. The molecular weight excluding hydrogens is 221 g/mol. The topological polar surface area (TPSA) is 35.5 Å². The van der Waals surface area contributed by atoms with Gasteiger partial charge in [-0.3, -0.25) is 0 Å². The van der Waals surface area contributed by atoms with Crippen LogP contribution in [0, 0.1) is 5.21 Å². The SMILES string of the molecule is C=CCOC(C)(CC)N([O-])C(C)(C)PCC. The van der Waals surface area contributed by atoms with Crippen molar-refractivity contribution in [1.29, 1.82) is 0 Å². The summed E-state index contributed by atoms with van der Waals surface area (Å²) in [5.74, 6) is 0. The molecule has 4 heteroatoms. The van der Waals surface area contributed by atoms with Crippen LogP contribution in [-0.4, -0.2) is 28.8 Å². The monoisotopic (exact) mass is 246 g/mol. The molecule has 0 saturated heterocycles. The van der Waals surface area contributed by atoms with E-state index >= 15 is 0 Å². The van der Waals surface area contributed by atoms with Crippen LogP contribution in [0.5, 0.6) is 0 Å². The van der Waals surface area contributed by atoms with E-state index in [-0.39, 0.29) is 5.28 Å². The second kappa shape index (κ2) is 6.70. The Morgan fingerprint density at radius 1 is 1.38 bits per heavy atom. The Hall–Kier alpha value is 0.0500. The Labute approximate surface area is 102 Å². The third-order valence-corrected chi connectivity index (χ3v) is 4.14. The molecule has 0 aliphatic rings. The van der Waals surface area contributed by atoms with E-state index in [2.05, 4.69) is 13.5 Å². The number of rotatable bonds is 8. The normalized spacial score (nSPS) is 16.9. The maximum Gasteiger partial charge on any atom is 0.108 e. The summed E-state index contributed by atoms with van der Waals surface area (Å²) in [4.78, 5) is 0. The smallest absolute Gasteiger partial charge is 0.108 e. The number of hydrogen-bond donors (Lipinski definition) is 0. The molecule has 0 saturated carbocycles. The van der Waals surface area contributed by atoms with Crippen LogP contribution in [0.3, 0.4) is 0 Å². The zero-order valence-corrected chi connectivity index (χ0v) is 12.2. The van der Waals surface area contributed by atoms with Gasteiger partial charge in [0.1, 0.15) is 5.72 Å². The molecule has 0 rings (SSSR count). The van der Waals surface area contributed by atoms with Crippen LogP contribution in [0.15, 0.2) is 12.7 Å². The van der Waals surface area contributed by atoms with Crippen molar-refractivity contribution in [3.63, 3.8) is 0 Å². The summed E-state index contributed by atoms with van der Waals surface area (Å²) in [6.07, 6.45) is 3.37. The molecule has 0 N–H and O–H groups in total. The lowest BCUT2D eigenvalue weighted by Crippen LogP contribution is -2.53. The largest absolute Gasteiger partial charge is 0.783 e. The lowest BCUT2D eigenvalue weighted by molar-refractivity contribution is -0.134. The van der Waals surface area contributed by atoms with Gasteiger partial charge in [-0.2, -0.15) is 0 Å². The van der Waals surface area contributed by atoms with E-state index in [0.717, 1.165) is 11.2 Å². The van der Waals surface area contributed by atoms with Crippen molar-refractivity contribution in [2.75, 3.05) is 12.8 Å². The first-order chi connectivity index (χ1) is 7.34. The van der Waals surface area contributed by atoms with Crippen molar-refractivity contribution in [3.05, 3.63) is 17.9 Å². The van der Waals surface area contributed by atoms with E-state index in [4.69, 9.17) is 4.74 Å². The molecule has 0 aliphatic carbocycles. The summed E-state index contributed by atoms with van der Waals surface area (Å²) in [7, 11) is 0.611. The summed E-state index contributed by atoms with van der Waals surface area (Å²) in [5, 5.41) is 13.1. The van der Waals surface area contributed by atoms with E-state index < -0.39 is 5.72 Å². The highest BCUT2D eigenvalue weighted by molar-refractivity contribution is 7.39. The van der Waals surface area contributed by atoms with Gasteiger partial charge in [0.25, 0.3) is 0 Å². The minimum Gasteiger partial charge on any atom is -0.783 e. The Morgan fingerprint density at radius 3 is 2.31 bits per heavy atom. The van der Waals surface area contributed by atoms with Gasteiger partial charge in [-0.1, -0.05) is 19.9 Å². The molecule has 0 aromatic carbocycles. The van der Waals surface area contributed by atoms with Crippen molar-refractivity contribution in [1.82, 2.24) is 5.06 Å². The quantitative estimate of drug-likeness (QED) is 0.284. The van der Waals surface area contributed by atoms with Crippen molar-refractivity contribution in [3.8, 4) is 0 Å². The Balaban J connectivity index is 4.72. The molecule has 0 bridgehead atoms. The first kappa shape index (κ1) is 16.1. The molecule has 96 valence electrons. The third kappa shape index (κ3) is 4.14. The highest BCUT2D eigenvalue weighted by Crippen LogP contribution is 2.39. The van der Waals surface area contributed by atoms with Crippen molar-refractivity contribution >= 4 is 8.58 Å². The van der Waals surface area contributed by atoms with Crippen LogP contribution < -0.4 is 0 Å². The summed E-state index contributed by atoms with van der Waals surface area (Å²) in [6.45, 7) is 13.9. The second-order valence-electron chi connectivity index (χ2n) is 4.51. The van der Waals surface area contributed by atoms with E-state index in [0.29, 0.717) is 21.6 Å².